The molecule has 4 heteroatoms. The van der Waals surface area contributed by atoms with Gasteiger partial charge in [-0.3, -0.25) is 0 Å². The molecular weight excluding hydrogens is 364 g/mol. The van der Waals surface area contributed by atoms with Crippen LogP contribution in [0.5, 0.6) is 11.5 Å². The average molecular weight is 403 g/mol. The molecule has 3 aliphatic carbocycles. The molecule has 3 aliphatic rings. The number of rotatable bonds is 5. The Labute approximate surface area is 175 Å². The van der Waals surface area contributed by atoms with Crippen molar-refractivity contribution in [3.05, 3.63) is 23.3 Å². The molecule has 4 nitrogen and oxygen atoms in total. The van der Waals surface area contributed by atoms with Crippen molar-refractivity contribution in [2.75, 3.05) is 13.7 Å². The van der Waals surface area contributed by atoms with E-state index >= 15 is 0 Å². The van der Waals surface area contributed by atoms with E-state index in [2.05, 4.69) is 32.9 Å². The van der Waals surface area contributed by atoms with E-state index in [0.29, 0.717) is 24.4 Å². The second kappa shape index (κ2) is 7.46. The molecule has 0 spiro atoms. The third-order valence-corrected chi connectivity index (χ3v) is 8.80. The minimum Gasteiger partial charge on any atom is -0.493 e. The van der Waals surface area contributed by atoms with Crippen LogP contribution >= 0.6 is 0 Å². The van der Waals surface area contributed by atoms with Gasteiger partial charge in [-0.15, -0.1) is 0 Å². The van der Waals surface area contributed by atoms with Crippen molar-refractivity contribution < 1.29 is 19.3 Å². The molecule has 0 saturated heterocycles. The largest absolute Gasteiger partial charge is 0.493 e. The fourth-order valence-corrected chi connectivity index (χ4v) is 7.19. The molecule has 0 aliphatic heterocycles. The summed E-state index contributed by atoms with van der Waals surface area (Å²) in [5.74, 6) is 3.29. The van der Waals surface area contributed by atoms with E-state index in [0.717, 1.165) is 43.6 Å². The van der Waals surface area contributed by atoms with Gasteiger partial charge in [0.1, 0.15) is 0 Å². The van der Waals surface area contributed by atoms with Crippen molar-refractivity contribution >= 4 is 0 Å². The Morgan fingerprint density at radius 2 is 1.86 bits per heavy atom. The molecule has 4 rings (SSSR count). The maximum Gasteiger partial charge on any atom is 0.197 e. The highest BCUT2D eigenvalue weighted by atomic mass is 16.7. The Balaban J connectivity index is 1.74. The summed E-state index contributed by atoms with van der Waals surface area (Å²) in [6.45, 7) is 11.7. The number of aliphatic hydroxyl groups is 1. The quantitative estimate of drug-likeness (QED) is 0.678. The first-order chi connectivity index (χ1) is 13.7. The van der Waals surface area contributed by atoms with Gasteiger partial charge in [-0.05, 0) is 97.8 Å². The third-order valence-electron chi connectivity index (χ3n) is 8.80. The molecule has 2 saturated carbocycles. The highest BCUT2D eigenvalue weighted by Crippen LogP contribution is 2.69. The van der Waals surface area contributed by atoms with E-state index in [1.165, 1.54) is 11.1 Å². The maximum absolute atomic E-state index is 10.8. The lowest BCUT2D eigenvalue weighted by Gasteiger charge is -2.59. The molecule has 0 amide bonds. The van der Waals surface area contributed by atoms with E-state index in [1.807, 2.05) is 13.8 Å². The van der Waals surface area contributed by atoms with E-state index in [1.54, 1.807) is 7.11 Å². The summed E-state index contributed by atoms with van der Waals surface area (Å²) in [4.78, 5) is 0. The number of fused-ring (bicyclic) bond motifs is 5. The Morgan fingerprint density at radius 1 is 1.14 bits per heavy atom. The first kappa shape index (κ1) is 21.0. The number of hydrogen-bond acceptors (Lipinski definition) is 4. The summed E-state index contributed by atoms with van der Waals surface area (Å²) in [5, 5.41) is 10.8. The van der Waals surface area contributed by atoms with E-state index in [-0.39, 0.29) is 23.2 Å². The number of methoxy groups -OCH3 is 1. The van der Waals surface area contributed by atoms with Crippen molar-refractivity contribution in [1.29, 1.82) is 0 Å². The molecule has 1 N–H and O–H groups in total. The smallest absolute Gasteiger partial charge is 0.197 e. The Bertz CT molecular complexity index is 761. The van der Waals surface area contributed by atoms with Crippen LogP contribution in [-0.2, 0) is 11.2 Å². The van der Waals surface area contributed by atoms with Gasteiger partial charge in [0, 0.05) is 6.61 Å². The molecule has 1 aromatic rings. The second-order valence-electron chi connectivity index (χ2n) is 10.1. The molecule has 0 radical (unpaired) electrons. The normalized spacial score (nSPS) is 39.3. The molecule has 29 heavy (non-hydrogen) atoms. The minimum absolute atomic E-state index is 0.0369. The highest BCUT2D eigenvalue weighted by Gasteiger charge is 2.63. The van der Waals surface area contributed by atoms with Crippen LogP contribution in [0.4, 0.5) is 0 Å². The average Bonchev–Trinajstić information content (AvgIpc) is 2.92. The van der Waals surface area contributed by atoms with Crippen molar-refractivity contribution in [3.8, 4) is 11.5 Å². The SMILES string of the molecule is CCOC(C)Oc1cc2c(cc1OC)C[C@@H](C)[C@@H]1[C@@H]2CC[C@]2(C)[C@@H](O)CC[C@]12C. The zero-order valence-electron chi connectivity index (χ0n) is 19.0. The van der Waals surface area contributed by atoms with Crippen molar-refractivity contribution in [2.24, 2.45) is 22.7 Å². The van der Waals surface area contributed by atoms with Gasteiger partial charge in [0.2, 0.25) is 0 Å². The first-order valence-corrected chi connectivity index (χ1v) is 11.4. The molecular formula is C25H38O4. The fraction of sp³-hybridized carbons (Fsp3) is 0.760. The summed E-state index contributed by atoms with van der Waals surface area (Å²) in [7, 11) is 1.71. The zero-order valence-corrected chi connectivity index (χ0v) is 19.0. The zero-order chi connectivity index (χ0) is 21.0. The maximum atomic E-state index is 10.8. The minimum atomic E-state index is -0.303. The number of benzene rings is 1. The standard InChI is InChI=1S/C25H38O4/c1-7-28-16(3)29-21-14-19-17(13-20(21)27-6)12-15(2)23-18(19)8-10-24(4)22(26)9-11-25(23,24)5/h13-16,18,22-23,26H,7-12H2,1-6H3/t15-,16?,18-,22+,23-,24-,25-/m1/s1. The van der Waals surface area contributed by atoms with E-state index in [4.69, 9.17) is 14.2 Å². The highest BCUT2D eigenvalue weighted by molar-refractivity contribution is 5.50. The van der Waals surface area contributed by atoms with Gasteiger partial charge >= 0.3 is 0 Å². The molecule has 2 fully saturated rings. The van der Waals surface area contributed by atoms with Gasteiger partial charge < -0.3 is 19.3 Å². The summed E-state index contributed by atoms with van der Waals surface area (Å²) in [6, 6.07) is 4.42. The van der Waals surface area contributed by atoms with Gasteiger partial charge in [0.15, 0.2) is 17.8 Å². The first-order valence-electron chi connectivity index (χ1n) is 11.4. The van der Waals surface area contributed by atoms with Gasteiger partial charge in [-0.25, -0.2) is 0 Å². The lowest BCUT2D eigenvalue weighted by Crippen LogP contribution is -2.53. The molecule has 0 bridgehead atoms. The Hall–Kier alpha value is -1.26. The molecule has 1 aromatic carbocycles. The second-order valence-corrected chi connectivity index (χ2v) is 10.1. The van der Waals surface area contributed by atoms with Gasteiger partial charge in [-0.2, -0.15) is 0 Å². The van der Waals surface area contributed by atoms with Crippen LogP contribution in [0.25, 0.3) is 0 Å². The molecule has 0 aromatic heterocycles. The van der Waals surface area contributed by atoms with Crippen molar-refractivity contribution in [3.63, 3.8) is 0 Å². The van der Waals surface area contributed by atoms with Crippen LogP contribution in [0, 0.1) is 22.7 Å². The topological polar surface area (TPSA) is 47.9 Å². The molecule has 162 valence electrons. The van der Waals surface area contributed by atoms with Gasteiger partial charge in [0.05, 0.1) is 13.2 Å². The van der Waals surface area contributed by atoms with Crippen LogP contribution in [0.15, 0.2) is 12.1 Å². The predicted molar refractivity (Wildman–Crippen MR) is 114 cm³/mol. The number of ether oxygens (including phenoxy) is 3. The fourth-order valence-electron chi connectivity index (χ4n) is 7.19. The van der Waals surface area contributed by atoms with Crippen LogP contribution in [0.3, 0.4) is 0 Å². The summed E-state index contributed by atoms with van der Waals surface area (Å²) < 4.78 is 17.4. The lowest BCUT2D eigenvalue weighted by atomic mass is 9.46. The van der Waals surface area contributed by atoms with Gasteiger partial charge in [0.25, 0.3) is 0 Å². The van der Waals surface area contributed by atoms with Crippen LogP contribution in [-0.4, -0.2) is 31.2 Å². The summed E-state index contributed by atoms with van der Waals surface area (Å²) >= 11 is 0. The summed E-state index contributed by atoms with van der Waals surface area (Å²) in [6.07, 6.45) is 4.90. The molecule has 0 heterocycles. The van der Waals surface area contributed by atoms with E-state index < -0.39 is 0 Å². The van der Waals surface area contributed by atoms with Crippen molar-refractivity contribution in [2.45, 2.75) is 85.0 Å². The number of hydrogen-bond donors (Lipinski definition) is 1. The predicted octanol–water partition coefficient (Wildman–Crippen LogP) is 5.31. The molecule has 1 unspecified atom stereocenters. The Morgan fingerprint density at radius 3 is 2.55 bits per heavy atom. The van der Waals surface area contributed by atoms with Crippen molar-refractivity contribution in [1.82, 2.24) is 0 Å². The Kier molecular flexibility index (Phi) is 5.40. The lowest BCUT2D eigenvalue weighted by molar-refractivity contribution is -0.0978. The van der Waals surface area contributed by atoms with E-state index in [9.17, 15) is 5.11 Å². The third kappa shape index (κ3) is 3.09. The number of aliphatic hydroxyl groups excluding tert-OH is 1. The van der Waals surface area contributed by atoms with Gasteiger partial charge in [-0.1, -0.05) is 20.8 Å². The van der Waals surface area contributed by atoms with Crippen LogP contribution in [0.1, 0.15) is 77.3 Å². The van der Waals surface area contributed by atoms with Crippen LogP contribution < -0.4 is 9.47 Å². The van der Waals surface area contributed by atoms with Crippen LogP contribution in [0.2, 0.25) is 0 Å². The summed E-state index contributed by atoms with van der Waals surface area (Å²) in [5.41, 5.74) is 3.05. The monoisotopic (exact) mass is 402 g/mol. The molecule has 7 atom stereocenters.